The molecule has 1 saturated heterocycles. The minimum absolute atomic E-state index is 0.0307. The summed E-state index contributed by atoms with van der Waals surface area (Å²) in [5.74, 6) is 0.482. The van der Waals surface area contributed by atoms with Gasteiger partial charge in [0, 0.05) is 18.3 Å². The van der Waals surface area contributed by atoms with Gasteiger partial charge in [-0.05, 0) is 43.1 Å². The number of rotatable bonds is 2. The Morgan fingerprint density at radius 2 is 1.90 bits per heavy atom. The van der Waals surface area contributed by atoms with E-state index in [1.165, 1.54) is 12.1 Å². The molecule has 116 valence electrons. The maximum Gasteiger partial charge on any atom is 0.416 e. The van der Waals surface area contributed by atoms with Gasteiger partial charge in [0.2, 0.25) is 0 Å². The van der Waals surface area contributed by atoms with Crippen molar-refractivity contribution in [1.29, 1.82) is 0 Å². The highest BCUT2D eigenvalue weighted by molar-refractivity contribution is 5.89. The van der Waals surface area contributed by atoms with Gasteiger partial charge in [0.1, 0.15) is 0 Å². The molecular formula is C14H18F3N3O. The number of hydrogen-bond acceptors (Lipinski definition) is 2. The van der Waals surface area contributed by atoms with Crippen LogP contribution in [-0.2, 0) is 6.18 Å². The van der Waals surface area contributed by atoms with Crippen molar-refractivity contribution in [2.45, 2.75) is 25.6 Å². The van der Waals surface area contributed by atoms with Crippen molar-refractivity contribution in [2.75, 3.05) is 18.4 Å². The van der Waals surface area contributed by atoms with E-state index in [1.54, 1.807) is 0 Å². The average Bonchev–Trinajstić information content (AvgIpc) is 2.38. The Balaban J connectivity index is 1.87. The Hall–Kier alpha value is -1.76. The first-order chi connectivity index (χ1) is 9.84. The summed E-state index contributed by atoms with van der Waals surface area (Å²) >= 11 is 0. The van der Waals surface area contributed by atoms with Crippen molar-refractivity contribution in [1.82, 2.24) is 10.6 Å². The number of benzene rings is 1. The van der Waals surface area contributed by atoms with Crippen molar-refractivity contribution >= 4 is 11.7 Å². The van der Waals surface area contributed by atoms with E-state index in [0.717, 1.165) is 25.1 Å². The molecule has 1 fully saturated rings. The minimum Gasteiger partial charge on any atom is -0.334 e. The predicted molar refractivity (Wildman–Crippen MR) is 74.0 cm³/mol. The molecule has 1 heterocycles. The van der Waals surface area contributed by atoms with Gasteiger partial charge in [0.05, 0.1) is 5.56 Å². The highest BCUT2D eigenvalue weighted by Gasteiger charge is 2.30. The molecule has 2 amide bonds. The van der Waals surface area contributed by atoms with Crippen LogP contribution in [0.15, 0.2) is 24.3 Å². The molecule has 0 spiro atoms. The zero-order valence-electron chi connectivity index (χ0n) is 11.6. The predicted octanol–water partition coefficient (Wildman–Crippen LogP) is 2.82. The lowest BCUT2D eigenvalue weighted by Crippen LogP contribution is -2.49. The molecule has 0 aromatic heterocycles. The molecule has 3 N–H and O–H groups in total. The number of hydrogen-bond donors (Lipinski definition) is 3. The third-order valence-electron chi connectivity index (χ3n) is 3.38. The van der Waals surface area contributed by atoms with Crippen molar-refractivity contribution < 1.29 is 18.0 Å². The summed E-state index contributed by atoms with van der Waals surface area (Å²) in [4.78, 5) is 11.8. The number of urea groups is 1. The van der Waals surface area contributed by atoms with Crippen LogP contribution in [0.2, 0.25) is 0 Å². The first-order valence-corrected chi connectivity index (χ1v) is 6.80. The zero-order chi connectivity index (χ0) is 15.5. The van der Waals surface area contributed by atoms with Crippen LogP contribution in [0, 0.1) is 5.92 Å². The lowest BCUT2D eigenvalue weighted by Gasteiger charge is -2.28. The standard InChI is InChI=1S/C14H18F3N3O/c1-9-6-12(8-18-7-9)20-13(21)19-11-4-2-10(3-5-11)14(15,16)17/h2-5,9,12,18H,6-8H2,1H3,(H2,19,20,21). The SMILES string of the molecule is CC1CNCC(NC(=O)Nc2ccc(C(F)(F)F)cc2)C1. The fourth-order valence-corrected chi connectivity index (χ4v) is 2.36. The average molecular weight is 301 g/mol. The lowest BCUT2D eigenvalue weighted by atomic mass is 9.98. The first kappa shape index (κ1) is 15.6. The first-order valence-electron chi connectivity index (χ1n) is 6.80. The summed E-state index contributed by atoms with van der Waals surface area (Å²) in [5, 5.41) is 8.56. The molecule has 4 nitrogen and oxygen atoms in total. The van der Waals surface area contributed by atoms with Gasteiger partial charge in [-0.1, -0.05) is 6.92 Å². The summed E-state index contributed by atoms with van der Waals surface area (Å²) in [5.41, 5.74) is -0.406. The largest absolute Gasteiger partial charge is 0.416 e. The molecule has 1 aromatic carbocycles. The summed E-state index contributed by atoms with van der Waals surface area (Å²) in [6.45, 7) is 3.72. The van der Waals surface area contributed by atoms with Crippen LogP contribution in [0.3, 0.4) is 0 Å². The van der Waals surface area contributed by atoms with Gasteiger partial charge in [-0.25, -0.2) is 4.79 Å². The van der Waals surface area contributed by atoms with Gasteiger partial charge in [-0.2, -0.15) is 13.2 Å². The second-order valence-corrected chi connectivity index (χ2v) is 5.37. The van der Waals surface area contributed by atoms with Crippen LogP contribution in [0.25, 0.3) is 0 Å². The fourth-order valence-electron chi connectivity index (χ4n) is 2.36. The summed E-state index contributed by atoms with van der Waals surface area (Å²) in [6.07, 6.45) is -3.49. The minimum atomic E-state index is -4.37. The van der Waals surface area contributed by atoms with Gasteiger partial charge >= 0.3 is 12.2 Å². The number of amides is 2. The van der Waals surface area contributed by atoms with E-state index < -0.39 is 17.8 Å². The van der Waals surface area contributed by atoms with Crippen LogP contribution in [0.5, 0.6) is 0 Å². The Labute approximate surface area is 121 Å². The molecule has 7 heteroatoms. The second-order valence-electron chi connectivity index (χ2n) is 5.37. The van der Waals surface area contributed by atoms with Crippen molar-refractivity contribution in [2.24, 2.45) is 5.92 Å². The van der Waals surface area contributed by atoms with Crippen molar-refractivity contribution in [3.05, 3.63) is 29.8 Å². The van der Waals surface area contributed by atoms with E-state index in [1.807, 2.05) is 0 Å². The van der Waals surface area contributed by atoms with E-state index >= 15 is 0 Å². The third-order valence-corrected chi connectivity index (χ3v) is 3.38. The van der Waals surface area contributed by atoms with Crippen LogP contribution in [0.4, 0.5) is 23.7 Å². The highest BCUT2D eigenvalue weighted by atomic mass is 19.4. The van der Waals surface area contributed by atoms with Crippen molar-refractivity contribution in [3.63, 3.8) is 0 Å². The quantitative estimate of drug-likeness (QED) is 0.787. The number of alkyl halides is 3. The Morgan fingerprint density at radius 1 is 1.24 bits per heavy atom. The van der Waals surface area contributed by atoms with Gasteiger partial charge in [-0.15, -0.1) is 0 Å². The maximum atomic E-state index is 12.4. The summed E-state index contributed by atoms with van der Waals surface area (Å²) < 4.78 is 37.3. The molecule has 2 rings (SSSR count). The molecular weight excluding hydrogens is 283 g/mol. The second kappa shape index (κ2) is 6.34. The Morgan fingerprint density at radius 3 is 2.48 bits per heavy atom. The Kier molecular flexibility index (Phi) is 4.72. The van der Waals surface area contributed by atoms with E-state index in [4.69, 9.17) is 0 Å². The van der Waals surface area contributed by atoms with Crippen LogP contribution in [0.1, 0.15) is 18.9 Å². The molecule has 0 bridgehead atoms. The monoisotopic (exact) mass is 301 g/mol. The molecule has 21 heavy (non-hydrogen) atoms. The number of anilines is 1. The molecule has 2 atom stereocenters. The van der Waals surface area contributed by atoms with Gasteiger partial charge < -0.3 is 16.0 Å². The van der Waals surface area contributed by atoms with Crippen LogP contribution in [-0.4, -0.2) is 25.2 Å². The normalized spacial score (nSPS) is 22.7. The maximum absolute atomic E-state index is 12.4. The fraction of sp³-hybridized carbons (Fsp3) is 0.500. The number of carbonyl (C=O) groups is 1. The molecule has 0 radical (unpaired) electrons. The topological polar surface area (TPSA) is 53.2 Å². The summed E-state index contributed by atoms with van der Waals surface area (Å²) in [6, 6.07) is 3.99. The molecule has 1 aliphatic heterocycles. The van der Waals surface area contributed by atoms with E-state index in [9.17, 15) is 18.0 Å². The summed E-state index contributed by atoms with van der Waals surface area (Å²) in [7, 11) is 0. The van der Waals surface area contributed by atoms with Gasteiger partial charge in [0.15, 0.2) is 0 Å². The van der Waals surface area contributed by atoms with Gasteiger partial charge in [-0.3, -0.25) is 0 Å². The van der Waals surface area contributed by atoms with E-state index in [0.29, 0.717) is 18.2 Å². The van der Waals surface area contributed by atoms with Gasteiger partial charge in [0.25, 0.3) is 0 Å². The van der Waals surface area contributed by atoms with Crippen LogP contribution >= 0.6 is 0 Å². The third kappa shape index (κ3) is 4.63. The lowest BCUT2D eigenvalue weighted by molar-refractivity contribution is -0.137. The van der Waals surface area contributed by atoms with Crippen molar-refractivity contribution in [3.8, 4) is 0 Å². The number of carbonyl (C=O) groups excluding carboxylic acids is 1. The molecule has 1 aromatic rings. The van der Waals surface area contributed by atoms with E-state index in [-0.39, 0.29) is 6.04 Å². The van der Waals surface area contributed by atoms with Crippen LogP contribution < -0.4 is 16.0 Å². The number of halogens is 3. The Bertz CT molecular complexity index is 487. The zero-order valence-corrected chi connectivity index (χ0v) is 11.6. The van der Waals surface area contributed by atoms with E-state index in [2.05, 4.69) is 22.9 Å². The molecule has 2 unspecified atom stereocenters. The molecule has 0 saturated carbocycles. The molecule has 1 aliphatic rings. The smallest absolute Gasteiger partial charge is 0.334 e. The highest BCUT2D eigenvalue weighted by Crippen LogP contribution is 2.29. The number of nitrogens with one attached hydrogen (secondary N) is 3. The molecule has 0 aliphatic carbocycles. The number of piperidine rings is 1.